The number of nitrogens with one attached hydrogen (secondary N) is 1. The van der Waals surface area contributed by atoms with E-state index in [4.69, 9.17) is 0 Å². The van der Waals surface area contributed by atoms with Gasteiger partial charge in [0.05, 0.1) is 6.20 Å². The third-order valence-electron chi connectivity index (χ3n) is 3.36. The minimum atomic E-state index is -4.36. The first-order chi connectivity index (χ1) is 9.97. The molecule has 1 aliphatic heterocycles. The van der Waals surface area contributed by atoms with Crippen molar-refractivity contribution in [1.82, 2.24) is 9.88 Å². The summed E-state index contributed by atoms with van der Waals surface area (Å²) >= 11 is 0.558. The molecule has 1 amide bonds. The minimum absolute atomic E-state index is 0.0528. The van der Waals surface area contributed by atoms with Crippen LogP contribution in [0.2, 0.25) is 0 Å². The first-order valence-corrected chi connectivity index (χ1v) is 7.83. The Kier molecular flexibility index (Phi) is 5.44. The fourth-order valence-corrected chi connectivity index (χ4v) is 2.95. The van der Waals surface area contributed by atoms with Crippen molar-refractivity contribution in [3.05, 3.63) is 11.1 Å². The largest absolute Gasteiger partial charge is 0.427 e. The number of carbonyl (C=O) groups excluding carboxylic acids is 1. The Bertz CT molecular complexity index is 467. The summed E-state index contributed by atoms with van der Waals surface area (Å²) in [6.07, 6.45) is 1.09. The van der Waals surface area contributed by atoms with Crippen LogP contribution < -0.4 is 5.32 Å². The third-order valence-corrected chi connectivity index (χ3v) is 4.36. The summed E-state index contributed by atoms with van der Waals surface area (Å²) in [6.45, 7) is 1.88. The molecule has 2 rings (SSSR count). The van der Waals surface area contributed by atoms with Crippen LogP contribution in [0.25, 0.3) is 0 Å². The fraction of sp³-hybridized carbons (Fsp3) is 0.692. The number of amides is 1. The molecule has 1 fully saturated rings. The maximum atomic E-state index is 12.4. The summed E-state index contributed by atoms with van der Waals surface area (Å²) in [6, 6.07) is 0. The molecule has 0 bridgehead atoms. The smallest absolute Gasteiger partial charge is 0.361 e. The highest BCUT2D eigenvalue weighted by Gasteiger charge is 2.33. The number of alkyl halides is 3. The van der Waals surface area contributed by atoms with Crippen molar-refractivity contribution in [1.29, 1.82) is 0 Å². The maximum Gasteiger partial charge on any atom is 0.427 e. The van der Waals surface area contributed by atoms with E-state index in [1.807, 2.05) is 4.90 Å². The van der Waals surface area contributed by atoms with Crippen molar-refractivity contribution in [3.8, 4) is 0 Å². The molecule has 0 spiro atoms. The summed E-state index contributed by atoms with van der Waals surface area (Å²) < 4.78 is 37.2. The van der Waals surface area contributed by atoms with Gasteiger partial charge in [-0.2, -0.15) is 13.2 Å². The molecule has 0 saturated carbocycles. The zero-order valence-electron chi connectivity index (χ0n) is 11.6. The summed E-state index contributed by atoms with van der Waals surface area (Å²) in [4.78, 5) is 16.8. The van der Waals surface area contributed by atoms with E-state index in [-0.39, 0.29) is 17.5 Å². The Morgan fingerprint density at radius 3 is 2.52 bits per heavy atom. The number of rotatable bonds is 4. The van der Waals surface area contributed by atoms with E-state index in [1.165, 1.54) is 0 Å². The van der Waals surface area contributed by atoms with Crippen LogP contribution in [0.4, 0.5) is 18.3 Å². The first kappa shape index (κ1) is 16.1. The molecule has 0 aromatic carbocycles. The summed E-state index contributed by atoms with van der Waals surface area (Å²) in [5.41, 5.74) is 0. The van der Waals surface area contributed by atoms with Gasteiger partial charge in [-0.05, 0) is 12.8 Å². The molecule has 8 heteroatoms. The molecule has 0 radical (unpaired) electrons. The predicted octanol–water partition coefficient (Wildman–Crippen LogP) is 3.37. The van der Waals surface area contributed by atoms with E-state index in [2.05, 4.69) is 10.3 Å². The zero-order valence-corrected chi connectivity index (χ0v) is 12.4. The Labute approximate surface area is 125 Å². The number of carbonyl (C=O) groups is 1. The number of thiazole rings is 1. The van der Waals surface area contributed by atoms with Gasteiger partial charge in [-0.25, -0.2) is 4.98 Å². The lowest BCUT2D eigenvalue weighted by Crippen LogP contribution is -2.32. The van der Waals surface area contributed by atoms with Crippen LogP contribution in [0.5, 0.6) is 0 Å². The lowest BCUT2D eigenvalue weighted by atomic mass is 10.2. The molecule has 2 heterocycles. The van der Waals surface area contributed by atoms with Crippen molar-refractivity contribution < 1.29 is 18.0 Å². The zero-order chi connectivity index (χ0) is 15.3. The Morgan fingerprint density at radius 2 is 1.95 bits per heavy atom. The van der Waals surface area contributed by atoms with Gasteiger partial charge in [0.15, 0.2) is 5.13 Å². The van der Waals surface area contributed by atoms with E-state index < -0.39 is 11.1 Å². The third kappa shape index (κ3) is 4.87. The molecule has 0 unspecified atom stereocenters. The SMILES string of the molecule is O=C(CCNc1ncc(C(F)(F)F)s1)N1CCCCCC1. The van der Waals surface area contributed by atoms with E-state index in [0.29, 0.717) is 17.9 Å². The van der Waals surface area contributed by atoms with Crippen molar-refractivity contribution in [3.63, 3.8) is 0 Å². The van der Waals surface area contributed by atoms with Gasteiger partial charge in [-0.1, -0.05) is 24.2 Å². The summed E-state index contributed by atoms with van der Waals surface area (Å²) in [5.74, 6) is 0.0528. The van der Waals surface area contributed by atoms with Crippen LogP contribution in [-0.2, 0) is 11.0 Å². The summed E-state index contributed by atoms with van der Waals surface area (Å²) in [5, 5.41) is 2.98. The topological polar surface area (TPSA) is 45.2 Å². The van der Waals surface area contributed by atoms with Crippen molar-refractivity contribution in [2.24, 2.45) is 0 Å². The highest BCUT2D eigenvalue weighted by molar-refractivity contribution is 7.15. The van der Waals surface area contributed by atoms with Crippen LogP contribution >= 0.6 is 11.3 Å². The Hall–Kier alpha value is -1.31. The van der Waals surface area contributed by atoms with Gasteiger partial charge in [0.2, 0.25) is 5.91 Å². The van der Waals surface area contributed by atoms with Crippen LogP contribution in [-0.4, -0.2) is 35.4 Å². The lowest BCUT2D eigenvalue weighted by Gasteiger charge is -2.20. The second-order valence-corrected chi connectivity index (χ2v) is 6.03. The Morgan fingerprint density at radius 1 is 1.29 bits per heavy atom. The molecule has 0 aliphatic carbocycles. The molecule has 118 valence electrons. The fourth-order valence-electron chi connectivity index (χ4n) is 2.24. The van der Waals surface area contributed by atoms with Crippen molar-refractivity contribution >= 4 is 22.4 Å². The van der Waals surface area contributed by atoms with Gasteiger partial charge in [0, 0.05) is 26.1 Å². The summed E-state index contributed by atoms with van der Waals surface area (Å²) in [7, 11) is 0. The highest BCUT2D eigenvalue weighted by atomic mass is 32.1. The van der Waals surface area contributed by atoms with Gasteiger partial charge in [0.25, 0.3) is 0 Å². The molecule has 1 N–H and O–H groups in total. The number of nitrogens with zero attached hydrogens (tertiary/aromatic N) is 2. The van der Waals surface area contributed by atoms with E-state index in [0.717, 1.165) is 45.0 Å². The van der Waals surface area contributed by atoms with E-state index >= 15 is 0 Å². The molecule has 21 heavy (non-hydrogen) atoms. The monoisotopic (exact) mass is 321 g/mol. The first-order valence-electron chi connectivity index (χ1n) is 7.01. The second-order valence-electron chi connectivity index (χ2n) is 5.00. The average Bonchev–Trinajstić information content (AvgIpc) is 2.73. The van der Waals surface area contributed by atoms with Gasteiger partial charge in [-0.15, -0.1) is 0 Å². The average molecular weight is 321 g/mol. The quantitative estimate of drug-likeness (QED) is 0.925. The second kappa shape index (κ2) is 7.11. The number of likely N-dealkylation sites (tertiary alicyclic amines) is 1. The van der Waals surface area contributed by atoms with Crippen molar-refractivity contribution in [2.45, 2.75) is 38.3 Å². The van der Waals surface area contributed by atoms with Crippen LogP contribution in [0, 0.1) is 0 Å². The number of hydrogen-bond donors (Lipinski definition) is 1. The van der Waals surface area contributed by atoms with E-state index in [1.54, 1.807) is 0 Å². The van der Waals surface area contributed by atoms with Crippen molar-refractivity contribution in [2.75, 3.05) is 25.0 Å². The molecular formula is C13H18F3N3OS. The van der Waals surface area contributed by atoms with Gasteiger partial charge in [-0.3, -0.25) is 4.79 Å². The highest BCUT2D eigenvalue weighted by Crippen LogP contribution is 2.34. The lowest BCUT2D eigenvalue weighted by molar-refractivity contribution is -0.134. The normalized spacial score (nSPS) is 16.6. The molecule has 1 aromatic rings. The number of halogens is 3. The number of hydrogen-bond acceptors (Lipinski definition) is 4. The standard InChI is InChI=1S/C13H18F3N3OS/c14-13(15,16)10-9-18-12(21-10)17-6-5-11(20)19-7-3-1-2-4-8-19/h9H,1-8H2,(H,17,18). The molecule has 4 nitrogen and oxygen atoms in total. The van der Waals surface area contributed by atoms with Gasteiger partial charge < -0.3 is 10.2 Å². The number of aromatic nitrogens is 1. The minimum Gasteiger partial charge on any atom is -0.361 e. The van der Waals surface area contributed by atoms with Crippen LogP contribution in [0.15, 0.2) is 6.20 Å². The Balaban J connectivity index is 1.76. The van der Waals surface area contributed by atoms with Crippen LogP contribution in [0.1, 0.15) is 37.0 Å². The maximum absolute atomic E-state index is 12.4. The molecule has 0 atom stereocenters. The van der Waals surface area contributed by atoms with Crippen LogP contribution in [0.3, 0.4) is 0 Å². The van der Waals surface area contributed by atoms with E-state index in [9.17, 15) is 18.0 Å². The van der Waals surface area contributed by atoms with Gasteiger partial charge in [0.1, 0.15) is 4.88 Å². The molecular weight excluding hydrogens is 303 g/mol. The molecule has 1 aromatic heterocycles. The molecule has 1 saturated heterocycles. The molecule has 1 aliphatic rings. The predicted molar refractivity (Wildman–Crippen MR) is 75.3 cm³/mol. The van der Waals surface area contributed by atoms with Gasteiger partial charge >= 0.3 is 6.18 Å². The number of anilines is 1.